The molecule has 0 bridgehead atoms. The number of carbonyl (C=O) groups excluding carboxylic acids is 2. The number of rotatable bonds is 5. The highest BCUT2D eigenvalue weighted by molar-refractivity contribution is 5.88. The van der Waals surface area contributed by atoms with Crippen LogP contribution in [0, 0.1) is 0 Å². The lowest BCUT2D eigenvalue weighted by molar-refractivity contribution is -0.157. The van der Waals surface area contributed by atoms with Crippen LogP contribution < -0.4 is 0 Å². The molecule has 0 radical (unpaired) electrons. The number of carbonyl (C=O) groups is 2. The van der Waals surface area contributed by atoms with Crippen molar-refractivity contribution in [2.24, 2.45) is 0 Å². The minimum Gasteiger partial charge on any atom is -0.395 e. The van der Waals surface area contributed by atoms with Gasteiger partial charge in [-0.1, -0.05) is 0 Å². The summed E-state index contributed by atoms with van der Waals surface area (Å²) in [6.07, 6.45) is 1.34. The van der Waals surface area contributed by atoms with E-state index in [9.17, 15) is 9.59 Å². The third-order valence-corrected chi connectivity index (χ3v) is 5.70. The first-order valence-corrected chi connectivity index (χ1v) is 8.91. The molecule has 2 heterocycles. The van der Waals surface area contributed by atoms with E-state index >= 15 is 0 Å². The number of amides is 2. The Morgan fingerprint density at radius 2 is 1.88 bits per heavy atom. The average molecular weight is 340 g/mol. The molecule has 2 amide bonds. The number of piperidine rings is 1. The van der Waals surface area contributed by atoms with Gasteiger partial charge < -0.3 is 14.9 Å². The lowest BCUT2D eigenvalue weighted by atomic mass is 9.82. The van der Waals surface area contributed by atoms with Crippen molar-refractivity contribution in [3.05, 3.63) is 0 Å². The predicted molar refractivity (Wildman–Crippen MR) is 92.6 cm³/mol. The van der Waals surface area contributed by atoms with Crippen molar-refractivity contribution in [2.45, 2.75) is 38.3 Å². The molecule has 0 atom stereocenters. The van der Waals surface area contributed by atoms with Gasteiger partial charge in [0.05, 0.1) is 13.2 Å². The number of nitrogens with zero attached hydrogens (tertiary/aromatic N) is 4. The van der Waals surface area contributed by atoms with Crippen LogP contribution in [0.15, 0.2) is 0 Å². The fourth-order valence-electron chi connectivity index (χ4n) is 3.60. The fourth-order valence-corrected chi connectivity index (χ4v) is 3.60. The molecule has 0 aromatic carbocycles. The molecule has 0 saturated carbocycles. The number of piperazine rings is 1. The van der Waals surface area contributed by atoms with E-state index in [1.54, 1.807) is 4.90 Å². The number of likely N-dealkylation sites (tertiary alicyclic amines) is 1. The smallest absolute Gasteiger partial charge is 0.243 e. The van der Waals surface area contributed by atoms with Crippen molar-refractivity contribution >= 4 is 11.8 Å². The van der Waals surface area contributed by atoms with E-state index in [0.717, 1.165) is 6.54 Å². The van der Waals surface area contributed by atoms with Gasteiger partial charge in [0.2, 0.25) is 11.8 Å². The minimum absolute atomic E-state index is 0.00230. The van der Waals surface area contributed by atoms with Crippen molar-refractivity contribution in [3.8, 4) is 0 Å². The van der Waals surface area contributed by atoms with Crippen molar-refractivity contribution in [1.82, 2.24) is 19.6 Å². The monoisotopic (exact) mass is 340 g/mol. The Hall–Kier alpha value is -1.18. The highest BCUT2D eigenvalue weighted by Crippen LogP contribution is 2.32. The zero-order valence-corrected chi connectivity index (χ0v) is 15.5. The van der Waals surface area contributed by atoms with E-state index in [-0.39, 0.29) is 18.4 Å². The average Bonchev–Trinajstić information content (AvgIpc) is 2.56. The van der Waals surface area contributed by atoms with Crippen LogP contribution in [0.5, 0.6) is 0 Å². The van der Waals surface area contributed by atoms with E-state index in [1.165, 1.54) is 0 Å². The van der Waals surface area contributed by atoms with Gasteiger partial charge >= 0.3 is 0 Å². The molecule has 7 nitrogen and oxygen atoms in total. The summed E-state index contributed by atoms with van der Waals surface area (Å²) in [5.74, 6) is 0.246. The number of aliphatic hydroxyl groups is 1. The predicted octanol–water partition coefficient (Wildman–Crippen LogP) is -0.546. The first-order chi connectivity index (χ1) is 11.3. The summed E-state index contributed by atoms with van der Waals surface area (Å²) in [4.78, 5) is 33.2. The molecule has 7 heteroatoms. The normalized spacial score (nSPS) is 22.0. The highest BCUT2D eigenvalue weighted by Gasteiger charge is 2.49. The van der Waals surface area contributed by atoms with Crippen molar-refractivity contribution in [2.75, 3.05) is 60.0 Å². The zero-order chi connectivity index (χ0) is 17.9. The second-order valence-corrected chi connectivity index (χ2v) is 7.36. The van der Waals surface area contributed by atoms with Crippen LogP contribution in [0.1, 0.15) is 26.7 Å². The summed E-state index contributed by atoms with van der Waals surface area (Å²) in [6.45, 7) is 7.68. The summed E-state index contributed by atoms with van der Waals surface area (Å²) in [7, 11) is 3.96. The molecule has 138 valence electrons. The molecule has 24 heavy (non-hydrogen) atoms. The Balaban J connectivity index is 1.99. The Morgan fingerprint density at radius 1 is 1.25 bits per heavy atom. The maximum atomic E-state index is 12.9. The van der Waals surface area contributed by atoms with Crippen LogP contribution in [0.4, 0.5) is 0 Å². The van der Waals surface area contributed by atoms with Gasteiger partial charge in [-0.25, -0.2) is 0 Å². The molecule has 1 N–H and O–H groups in total. The van der Waals surface area contributed by atoms with E-state index in [2.05, 4.69) is 18.7 Å². The lowest BCUT2D eigenvalue weighted by Crippen LogP contribution is -2.68. The maximum absolute atomic E-state index is 12.9. The number of β-amino-alcohol motifs (C(OH)–C–C–N with tert-alkyl or cyclic N) is 1. The van der Waals surface area contributed by atoms with E-state index in [4.69, 9.17) is 5.11 Å². The van der Waals surface area contributed by atoms with Gasteiger partial charge in [-0.2, -0.15) is 0 Å². The lowest BCUT2D eigenvalue weighted by Gasteiger charge is -2.51. The van der Waals surface area contributed by atoms with Gasteiger partial charge in [0, 0.05) is 38.8 Å². The van der Waals surface area contributed by atoms with Gasteiger partial charge in [0.25, 0.3) is 0 Å². The highest BCUT2D eigenvalue weighted by atomic mass is 16.3. The van der Waals surface area contributed by atoms with Crippen LogP contribution in [-0.4, -0.2) is 108 Å². The Bertz CT molecular complexity index is 461. The van der Waals surface area contributed by atoms with Crippen LogP contribution in [0.3, 0.4) is 0 Å². The molecule has 1 spiro atoms. The largest absolute Gasteiger partial charge is 0.395 e. The molecule has 2 aliphatic rings. The van der Waals surface area contributed by atoms with Crippen LogP contribution in [0.2, 0.25) is 0 Å². The second-order valence-electron chi connectivity index (χ2n) is 7.36. The van der Waals surface area contributed by atoms with Crippen LogP contribution in [0.25, 0.3) is 0 Å². The fraction of sp³-hybridized carbons (Fsp3) is 0.882. The first-order valence-electron chi connectivity index (χ1n) is 8.91. The maximum Gasteiger partial charge on any atom is 0.243 e. The van der Waals surface area contributed by atoms with E-state index < -0.39 is 5.54 Å². The van der Waals surface area contributed by atoms with Gasteiger partial charge in [-0.05, 0) is 40.8 Å². The summed E-state index contributed by atoms with van der Waals surface area (Å²) < 4.78 is 0. The molecule has 2 saturated heterocycles. The van der Waals surface area contributed by atoms with E-state index in [1.807, 2.05) is 23.9 Å². The topological polar surface area (TPSA) is 67.3 Å². The van der Waals surface area contributed by atoms with Gasteiger partial charge in [0.15, 0.2) is 0 Å². The summed E-state index contributed by atoms with van der Waals surface area (Å²) in [5.41, 5.74) is -0.506. The third kappa shape index (κ3) is 3.73. The molecule has 2 fully saturated rings. The quantitative estimate of drug-likeness (QED) is 0.728. The van der Waals surface area contributed by atoms with Crippen LogP contribution >= 0.6 is 0 Å². The first kappa shape index (κ1) is 19.1. The second kappa shape index (κ2) is 7.80. The Kier molecular flexibility index (Phi) is 6.22. The summed E-state index contributed by atoms with van der Waals surface area (Å²) in [5, 5.41) is 9.17. The van der Waals surface area contributed by atoms with Crippen LogP contribution in [-0.2, 0) is 9.59 Å². The molecule has 0 unspecified atom stereocenters. The zero-order valence-electron chi connectivity index (χ0n) is 15.5. The Labute approximate surface area is 145 Å². The molecule has 0 aromatic rings. The summed E-state index contributed by atoms with van der Waals surface area (Å²) in [6, 6.07) is 0.336. The standard InChI is InChI=1S/C17H32N4O3/c1-14(2)18(3)13-15(23)20-7-5-17(6-8-20)16(24)21(11-12-22)10-9-19(17)4/h14,22H,5-13H2,1-4H3. The SMILES string of the molecule is CC(C)N(C)CC(=O)N1CCC2(CC1)C(=O)N(CCO)CCN2C. The molecule has 2 rings (SSSR count). The number of likely N-dealkylation sites (N-methyl/N-ethyl adjacent to an activating group) is 2. The van der Waals surface area contributed by atoms with Crippen molar-refractivity contribution in [3.63, 3.8) is 0 Å². The number of aliphatic hydroxyl groups excluding tert-OH is 1. The molecule has 0 aliphatic carbocycles. The molecular formula is C17H32N4O3. The number of hydrogen-bond donors (Lipinski definition) is 1. The number of hydrogen-bond acceptors (Lipinski definition) is 5. The van der Waals surface area contributed by atoms with Gasteiger partial charge in [0.1, 0.15) is 5.54 Å². The van der Waals surface area contributed by atoms with Crippen molar-refractivity contribution < 1.29 is 14.7 Å². The third-order valence-electron chi connectivity index (χ3n) is 5.70. The molecule has 2 aliphatic heterocycles. The van der Waals surface area contributed by atoms with Gasteiger partial charge in [-0.15, -0.1) is 0 Å². The van der Waals surface area contributed by atoms with Gasteiger partial charge in [-0.3, -0.25) is 19.4 Å². The Morgan fingerprint density at radius 3 is 2.42 bits per heavy atom. The van der Waals surface area contributed by atoms with E-state index in [0.29, 0.717) is 51.6 Å². The molecule has 0 aromatic heterocycles. The minimum atomic E-state index is -0.506. The summed E-state index contributed by atoms with van der Waals surface area (Å²) >= 11 is 0. The molecular weight excluding hydrogens is 308 g/mol. The van der Waals surface area contributed by atoms with Crippen molar-refractivity contribution in [1.29, 1.82) is 0 Å².